The van der Waals surface area contributed by atoms with Gasteiger partial charge in [0.2, 0.25) is 11.8 Å². The molecule has 0 radical (unpaired) electrons. The summed E-state index contributed by atoms with van der Waals surface area (Å²) >= 11 is 0. The largest absolute Gasteiger partial charge is 0.322 e. The summed E-state index contributed by atoms with van der Waals surface area (Å²) in [7, 11) is 0. The van der Waals surface area contributed by atoms with Crippen LogP contribution in [0.2, 0.25) is 0 Å². The first-order valence-electron chi connectivity index (χ1n) is 6.98. The third kappa shape index (κ3) is 3.07. The SMILES string of the molecule is CC(C)(C)c1ccc(C(N)CN2C(=O)CCC2=O)cc1. The second-order valence-corrected chi connectivity index (χ2v) is 6.38. The molecule has 4 heteroatoms. The lowest BCUT2D eigenvalue weighted by Gasteiger charge is -2.22. The van der Waals surface area contributed by atoms with Gasteiger partial charge in [-0.15, -0.1) is 0 Å². The van der Waals surface area contributed by atoms with E-state index >= 15 is 0 Å². The van der Waals surface area contributed by atoms with Crippen LogP contribution in [-0.2, 0) is 15.0 Å². The highest BCUT2D eigenvalue weighted by Crippen LogP contribution is 2.24. The number of amides is 2. The molecule has 2 N–H and O–H groups in total. The molecule has 20 heavy (non-hydrogen) atoms. The third-order valence-electron chi connectivity index (χ3n) is 3.74. The maximum Gasteiger partial charge on any atom is 0.229 e. The zero-order chi connectivity index (χ0) is 14.9. The summed E-state index contributed by atoms with van der Waals surface area (Å²) in [5.74, 6) is -0.228. The lowest BCUT2D eigenvalue weighted by atomic mass is 9.86. The van der Waals surface area contributed by atoms with Gasteiger partial charge in [0.15, 0.2) is 0 Å². The highest BCUT2D eigenvalue weighted by molar-refractivity contribution is 6.01. The lowest BCUT2D eigenvalue weighted by molar-refractivity contribution is -0.138. The van der Waals surface area contributed by atoms with E-state index in [1.807, 2.05) is 12.1 Å². The van der Waals surface area contributed by atoms with Crippen LogP contribution in [0.5, 0.6) is 0 Å². The molecule has 1 atom stereocenters. The van der Waals surface area contributed by atoms with Gasteiger partial charge in [-0.25, -0.2) is 0 Å². The van der Waals surface area contributed by atoms with Crippen LogP contribution in [0.4, 0.5) is 0 Å². The number of rotatable bonds is 3. The second-order valence-electron chi connectivity index (χ2n) is 6.38. The Morgan fingerprint density at radius 2 is 1.60 bits per heavy atom. The molecule has 108 valence electrons. The molecule has 1 heterocycles. The van der Waals surface area contributed by atoms with E-state index in [-0.39, 0.29) is 29.8 Å². The molecule has 2 rings (SSSR count). The number of carbonyl (C=O) groups is 2. The van der Waals surface area contributed by atoms with E-state index < -0.39 is 0 Å². The minimum Gasteiger partial charge on any atom is -0.322 e. The minimum atomic E-state index is -0.324. The van der Waals surface area contributed by atoms with Crippen LogP contribution in [0, 0.1) is 0 Å². The van der Waals surface area contributed by atoms with Crippen LogP contribution in [0.15, 0.2) is 24.3 Å². The standard InChI is InChI=1S/C16H22N2O2/c1-16(2,3)12-6-4-11(5-7-12)13(17)10-18-14(19)8-9-15(18)20/h4-7,13H,8-10,17H2,1-3H3. The zero-order valence-electron chi connectivity index (χ0n) is 12.3. The van der Waals surface area contributed by atoms with Crippen molar-refractivity contribution in [3.63, 3.8) is 0 Å². The molecule has 2 amide bonds. The van der Waals surface area contributed by atoms with E-state index in [0.717, 1.165) is 5.56 Å². The zero-order valence-corrected chi connectivity index (χ0v) is 12.3. The fourth-order valence-corrected chi connectivity index (χ4v) is 2.36. The van der Waals surface area contributed by atoms with Crippen LogP contribution in [0.3, 0.4) is 0 Å². The lowest BCUT2D eigenvalue weighted by Crippen LogP contribution is -2.36. The van der Waals surface area contributed by atoms with Crippen molar-refractivity contribution < 1.29 is 9.59 Å². The van der Waals surface area contributed by atoms with Gasteiger partial charge in [-0.3, -0.25) is 14.5 Å². The van der Waals surface area contributed by atoms with Crippen LogP contribution >= 0.6 is 0 Å². The second kappa shape index (κ2) is 5.37. The van der Waals surface area contributed by atoms with E-state index in [0.29, 0.717) is 12.8 Å². The van der Waals surface area contributed by atoms with Gasteiger partial charge in [-0.2, -0.15) is 0 Å². The smallest absolute Gasteiger partial charge is 0.229 e. The predicted molar refractivity (Wildman–Crippen MR) is 78.0 cm³/mol. The quantitative estimate of drug-likeness (QED) is 0.859. The molecule has 0 bridgehead atoms. The third-order valence-corrected chi connectivity index (χ3v) is 3.74. The molecule has 0 saturated carbocycles. The van der Waals surface area contributed by atoms with E-state index in [1.54, 1.807) is 0 Å². The fourth-order valence-electron chi connectivity index (χ4n) is 2.36. The van der Waals surface area contributed by atoms with Crippen molar-refractivity contribution in [1.82, 2.24) is 4.90 Å². The Labute approximate surface area is 119 Å². The van der Waals surface area contributed by atoms with Crippen LogP contribution in [-0.4, -0.2) is 23.3 Å². The van der Waals surface area contributed by atoms with Gasteiger partial charge in [-0.05, 0) is 16.5 Å². The molecule has 0 aromatic heterocycles. The van der Waals surface area contributed by atoms with Gasteiger partial charge in [0, 0.05) is 25.4 Å². The summed E-state index contributed by atoms with van der Waals surface area (Å²) in [5.41, 5.74) is 8.40. The molecule has 1 fully saturated rings. The number of likely N-dealkylation sites (tertiary alicyclic amines) is 1. The van der Waals surface area contributed by atoms with Gasteiger partial charge in [-0.1, -0.05) is 45.0 Å². The number of imide groups is 1. The van der Waals surface area contributed by atoms with Crippen LogP contribution in [0.1, 0.15) is 50.8 Å². The summed E-state index contributed by atoms with van der Waals surface area (Å²) in [6.07, 6.45) is 0.628. The van der Waals surface area contributed by atoms with E-state index in [2.05, 4.69) is 32.9 Å². The molecule has 0 spiro atoms. The highest BCUT2D eigenvalue weighted by atomic mass is 16.2. The Balaban J connectivity index is 2.08. The first-order valence-corrected chi connectivity index (χ1v) is 6.98. The molecule has 1 aliphatic rings. The summed E-state index contributed by atoms with van der Waals surface area (Å²) in [6.45, 7) is 6.74. The summed E-state index contributed by atoms with van der Waals surface area (Å²) in [5, 5.41) is 0. The summed E-state index contributed by atoms with van der Waals surface area (Å²) < 4.78 is 0. The van der Waals surface area contributed by atoms with E-state index in [9.17, 15) is 9.59 Å². The molecule has 1 saturated heterocycles. The molecule has 1 aliphatic heterocycles. The maximum absolute atomic E-state index is 11.6. The normalized spacial score (nSPS) is 17.7. The predicted octanol–water partition coefficient (Wildman–Crippen LogP) is 2.13. The Morgan fingerprint density at radius 1 is 1.10 bits per heavy atom. The summed E-state index contributed by atoms with van der Waals surface area (Å²) in [6, 6.07) is 7.76. The molecule has 0 aliphatic carbocycles. The number of carbonyl (C=O) groups excluding carboxylic acids is 2. The van der Waals surface area contributed by atoms with Crippen molar-refractivity contribution in [3.8, 4) is 0 Å². The van der Waals surface area contributed by atoms with E-state index in [1.165, 1.54) is 10.5 Å². The maximum atomic E-state index is 11.6. The number of hydrogen-bond donors (Lipinski definition) is 1. The van der Waals surface area contributed by atoms with Crippen molar-refractivity contribution >= 4 is 11.8 Å². The molecule has 1 unspecified atom stereocenters. The Morgan fingerprint density at radius 3 is 2.05 bits per heavy atom. The van der Waals surface area contributed by atoms with Crippen molar-refractivity contribution in [1.29, 1.82) is 0 Å². The first-order chi connectivity index (χ1) is 9.29. The van der Waals surface area contributed by atoms with Crippen molar-refractivity contribution in [2.45, 2.75) is 45.1 Å². The number of nitrogens with two attached hydrogens (primary N) is 1. The minimum absolute atomic E-state index is 0.101. The molecule has 1 aromatic carbocycles. The topological polar surface area (TPSA) is 63.4 Å². The number of nitrogens with zero attached hydrogens (tertiary/aromatic N) is 1. The molecular weight excluding hydrogens is 252 g/mol. The molecule has 1 aromatic rings. The van der Waals surface area contributed by atoms with Gasteiger partial charge in [0.1, 0.15) is 0 Å². The van der Waals surface area contributed by atoms with Gasteiger partial charge in [0.25, 0.3) is 0 Å². The van der Waals surface area contributed by atoms with Gasteiger partial charge < -0.3 is 5.73 Å². The van der Waals surface area contributed by atoms with Gasteiger partial charge in [0.05, 0.1) is 0 Å². The fraction of sp³-hybridized carbons (Fsp3) is 0.500. The average Bonchev–Trinajstić information content (AvgIpc) is 2.69. The van der Waals surface area contributed by atoms with Crippen LogP contribution < -0.4 is 5.73 Å². The Kier molecular flexibility index (Phi) is 3.95. The van der Waals surface area contributed by atoms with Crippen molar-refractivity contribution in [2.24, 2.45) is 5.73 Å². The van der Waals surface area contributed by atoms with Crippen LogP contribution in [0.25, 0.3) is 0 Å². The monoisotopic (exact) mass is 274 g/mol. The summed E-state index contributed by atoms with van der Waals surface area (Å²) in [4.78, 5) is 24.5. The number of benzene rings is 1. The molecular formula is C16H22N2O2. The molecule has 4 nitrogen and oxygen atoms in total. The van der Waals surface area contributed by atoms with Crippen molar-refractivity contribution in [3.05, 3.63) is 35.4 Å². The first kappa shape index (κ1) is 14.7. The average molecular weight is 274 g/mol. The number of hydrogen-bond acceptors (Lipinski definition) is 3. The highest BCUT2D eigenvalue weighted by Gasteiger charge is 2.30. The van der Waals surface area contributed by atoms with Crippen molar-refractivity contribution in [2.75, 3.05) is 6.54 Å². The van der Waals surface area contributed by atoms with Gasteiger partial charge >= 0.3 is 0 Å². The Bertz CT molecular complexity index is 498. The Hall–Kier alpha value is -1.68. The van der Waals surface area contributed by atoms with E-state index in [4.69, 9.17) is 5.73 Å².